The van der Waals surface area contributed by atoms with Crippen LogP contribution in [-0.4, -0.2) is 52.8 Å². The molecule has 0 aromatic heterocycles. The number of carboxylic acid groups (broad SMARTS) is 1. The molecule has 0 aromatic rings. The minimum Gasteiger partial charge on any atom is -0.480 e. The first-order valence-electron chi connectivity index (χ1n) is 7.38. The highest BCUT2D eigenvalue weighted by Crippen LogP contribution is 2.11. The second-order valence-corrected chi connectivity index (χ2v) is 5.64. The molecular weight excluding hydrogens is 304 g/mol. The molecule has 0 aliphatic carbocycles. The lowest BCUT2D eigenvalue weighted by molar-refractivity contribution is -0.144. The summed E-state index contributed by atoms with van der Waals surface area (Å²) >= 11 is 0. The van der Waals surface area contributed by atoms with Gasteiger partial charge in [-0.05, 0) is 39.7 Å². The van der Waals surface area contributed by atoms with Gasteiger partial charge in [0.25, 0.3) is 0 Å². The molecule has 0 saturated heterocycles. The maximum absolute atomic E-state index is 12.5. The van der Waals surface area contributed by atoms with Gasteiger partial charge >= 0.3 is 5.97 Å². The molecule has 0 saturated carbocycles. The summed E-state index contributed by atoms with van der Waals surface area (Å²) in [6.45, 7) is 4.14. The molecule has 0 aliphatic rings. The highest BCUT2D eigenvalue weighted by Gasteiger charge is 2.41. The zero-order valence-electron chi connectivity index (χ0n) is 13.7. The number of aliphatic carboxylic acids is 1. The number of ketones is 1. The average molecular weight is 330 g/mol. The van der Waals surface area contributed by atoms with Crippen molar-refractivity contribution in [3.63, 3.8) is 0 Å². The maximum Gasteiger partial charge on any atom is 0.325 e. The van der Waals surface area contributed by atoms with Crippen LogP contribution in [0.2, 0.25) is 0 Å². The third-order valence-corrected chi connectivity index (χ3v) is 3.34. The number of amides is 2. The van der Waals surface area contributed by atoms with Gasteiger partial charge in [-0.1, -0.05) is 0 Å². The van der Waals surface area contributed by atoms with Crippen molar-refractivity contribution in [2.24, 2.45) is 11.5 Å². The van der Waals surface area contributed by atoms with Crippen LogP contribution in [0.4, 0.5) is 0 Å². The largest absolute Gasteiger partial charge is 0.480 e. The van der Waals surface area contributed by atoms with E-state index in [0.717, 1.165) is 0 Å². The summed E-state index contributed by atoms with van der Waals surface area (Å²) in [4.78, 5) is 46.6. The van der Waals surface area contributed by atoms with E-state index >= 15 is 0 Å². The second-order valence-electron chi connectivity index (χ2n) is 5.64. The van der Waals surface area contributed by atoms with E-state index in [-0.39, 0.29) is 0 Å². The Labute approximate surface area is 135 Å². The Kier molecular flexibility index (Phi) is 8.41. The van der Waals surface area contributed by atoms with Crippen molar-refractivity contribution >= 4 is 23.6 Å². The average Bonchev–Trinajstić information content (AvgIpc) is 2.44. The molecule has 9 nitrogen and oxygen atoms in total. The number of nitrogens with two attached hydrogens (primary N) is 2. The van der Waals surface area contributed by atoms with E-state index in [2.05, 4.69) is 10.6 Å². The smallest absolute Gasteiger partial charge is 0.325 e. The van der Waals surface area contributed by atoms with Crippen LogP contribution in [0, 0.1) is 0 Å². The quantitative estimate of drug-likeness (QED) is 0.240. The van der Waals surface area contributed by atoms with Gasteiger partial charge in [-0.25, -0.2) is 0 Å². The highest BCUT2D eigenvalue weighted by molar-refractivity contribution is 6.13. The van der Waals surface area contributed by atoms with Crippen molar-refractivity contribution < 1.29 is 24.3 Å². The van der Waals surface area contributed by atoms with Crippen LogP contribution in [0.1, 0.15) is 40.0 Å². The van der Waals surface area contributed by atoms with Gasteiger partial charge in [0.1, 0.15) is 6.04 Å². The maximum atomic E-state index is 12.5. The topological polar surface area (TPSA) is 165 Å². The summed E-state index contributed by atoms with van der Waals surface area (Å²) in [6, 6.07) is -2.12. The Morgan fingerprint density at radius 2 is 1.74 bits per heavy atom. The van der Waals surface area contributed by atoms with Crippen LogP contribution in [0.15, 0.2) is 0 Å². The van der Waals surface area contributed by atoms with E-state index in [1.165, 1.54) is 20.8 Å². The molecule has 0 unspecified atom stereocenters. The first kappa shape index (κ1) is 21.0. The third-order valence-electron chi connectivity index (χ3n) is 3.34. The minimum atomic E-state index is -1.96. The molecule has 132 valence electrons. The Hall–Kier alpha value is -2.00. The Bertz CT molecular complexity index is 464. The Morgan fingerprint density at radius 3 is 2.17 bits per heavy atom. The third kappa shape index (κ3) is 6.74. The van der Waals surface area contributed by atoms with Gasteiger partial charge in [-0.3, -0.25) is 19.2 Å². The molecular formula is C14H26N4O5. The zero-order chi connectivity index (χ0) is 18.2. The molecule has 7 N–H and O–H groups in total. The van der Waals surface area contributed by atoms with Crippen molar-refractivity contribution in [2.75, 3.05) is 6.54 Å². The number of carbonyl (C=O) groups is 4. The van der Waals surface area contributed by atoms with Gasteiger partial charge in [0.15, 0.2) is 11.3 Å². The van der Waals surface area contributed by atoms with Crippen LogP contribution in [0.25, 0.3) is 0 Å². The van der Waals surface area contributed by atoms with Crippen LogP contribution in [0.5, 0.6) is 0 Å². The van der Waals surface area contributed by atoms with E-state index in [4.69, 9.17) is 16.6 Å². The number of carbonyl (C=O) groups excluding carboxylic acids is 3. The second kappa shape index (κ2) is 9.21. The SMILES string of the molecule is CC(=O)N[C@@H](CCCCN)C(=O)[C@](C)(N)C(=O)N[C@H](C)C(=O)O. The standard InChI is InChI=1S/C14H26N4O5/c1-8(12(21)22)17-13(23)14(3,16)11(20)10(18-9(2)19)6-4-5-7-15/h8,10H,4-7,15-16H2,1-3H3,(H,17,23)(H,18,19)(H,21,22)/t8-,10+,14+/m1/s1. The van der Waals surface area contributed by atoms with Gasteiger partial charge in [-0.15, -0.1) is 0 Å². The summed E-state index contributed by atoms with van der Waals surface area (Å²) in [5.74, 6) is -3.26. The molecule has 0 aromatic carbocycles. The van der Waals surface area contributed by atoms with Gasteiger partial charge < -0.3 is 27.2 Å². The molecule has 2 amide bonds. The summed E-state index contributed by atoms with van der Waals surface area (Å²) in [5, 5.41) is 13.4. The summed E-state index contributed by atoms with van der Waals surface area (Å²) in [6.07, 6.45) is 1.54. The van der Waals surface area contributed by atoms with Crippen molar-refractivity contribution in [1.29, 1.82) is 0 Å². The normalized spacial score (nSPS) is 15.9. The zero-order valence-corrected chi connectivity index (χ0v) is 13.7. The van der Waals surface area contributed by atoms with Crippen LogP contribution in [-0.2, 0) is 19.2 Å². The van der Waals surface area contributed by atoms with E-state index in [0.29, 0.717) is 25.8 Å². The molecule has 0 aliphatic heterocycles. The first-order chi connectivity index (χ1) is 10.5. The van der Waals surface area contributed by atoms with Gasteiger partial charge in [0.05, 0.1) is 6.04 Å². The number of carboxylic acids is 1. The fourth-order valence-electron chi connectivity index (χ4n) is 1.89. The summed E-state index contributed by atoms with van der Waals surface area (Å²) < 4.78 is 0. The first-order valence-corrected chi connectivity index (χ1v) is 7.38. The molecule has 0 bridgehead atoms. The molecule has 0 spiro atoms. The lowest BCUT2D eigenvalue weighted by Gasteiger charge is -2.28. The van der Waals surface area contributed by atoms with Gasteiger partial charge in [0.2, 0.25) is 11.8 Å². The molecule has 0 heterocycles. The van der Waals surface area contributed by atoms with Gasteiger partial charge in [-0.2, -0.15) is 0 Å². The predicted octanol–water partition coefficient (Wildman–Crippen LogP) is -1.50. The Balaban J connectivity index is 5.07. The molecule has 9 heteroatoms. The molecule has 3 atom stereocenters. The fourth-order valence-corrected chi connectivity index (χ4v) is 1.89. The minimum absolute atomic E-state index is 0.296. The van der Waals surface area contributed by atoms with E-state index in [1.54, 1.807) is 0 Å². The lowest BCUT2D eigenvalue weighted by atomic mass is 9.88. The summed E-state index contributed by atoms with van der Waals surface area (Å²) in [5.41, 5.74) is 9.24. The highest BCUT2D eigenvalue weighted by atomic mass is 16.4. The van der Waals surface area contributed by atoms with Gasteiger partial charge in [0, 0.05) is 6.92 Å². The van der Waals surface area contributed by atoms with Crippen molar-refractivity contribution in [3.8, 4) is 0 Å². The van der Waals surface area contributed by atoms with Crippen LogP contribution >= 0.6 is 0 Å². The fraction of sp³-hybridized carbons (Fsp3) is 0.714. The van der Waals surface area contributed by atoms with E-state index in [9.17, 15) is 19.2 Å². The number of unbranched alkanes of at least 4 members (excludes halogenated alkanes) is 1. The van der Waals surface area contributed by atoms with Crippen LogP contribution in [0.3, 0.4) is 0 Å². The number of nitrogens with one attached hydrogen (secondary N) is 2. The molecule has 0 fully saturated rings. The Morgan fingerprint density at radius 1 is 1.17 bits per heavy atom. The number of Topliss-reactive ketones (excluding diaryl/α,β-unsaturated/α-hetero) is 1. The lowest BCUT2D eigenvalue weighted by Crippen LogP contribution is -2.64. The summed E-state index contributed by atoms with van der Waals surface area (Å²) in [7, 11) is 0. The molecule has 0 rings (SSSR count). The molecule has 0 radical (unpaired) electrons. The number of rotatable bonds is 10. The predicted molar refractivity (Wildman–Crippen MR) is 83.4 cm³/mol. The number of hydrogen-bond donors (Lipinski definition) is 5. The van der Waals surface area contributed by atoms with Crippen molar-refractivity contribution in [2.45, 2.75) is 57.7 Å². The monoisotopic (exact) mass is 330 g/mol. The van der Waals surface area contributed by atoms with E-state index < -0.39 is 41.2 Å². The number of hydrogen-bond acceptors (Lipinski definition) is 6. The van der Waals surface area contributed by atoms with E-state index in [1.807, 2.05) is 0 Å². The van der Waals surface area contributed by atoms with Crippen LogP contribution < -0.4 is 22.1 Å². The molecule has 23 heavy (non-hydrogen) atoms. The van der Waals surface area contributed by atoms with Crippen molar-refractivity contribution in [3.05, 3.63) is 0 Å². The van der Waals surface area contributed by atoms with Crippen molar-refractivity contribution in [1.82, 2.24) is 10.6 Å².